The lowest BCUT2D eigenvalue weighted by atomic mass is 10.0. The van der Waals surface area contributed by atoms with E-state index in [1.807, 2.05) is 20.8 Å². The fourth-order valence-electron chi connectivity index (χ4n) is 4.79. The van der Waals surface area contributed by atoms with Gasteiger partial charge < -0.3 is 20.4 Å². The summed E-state index contributed by atoms with van der Waals surface area (Å²) in [5.74, 6) is -2.99. The van der Waals surface area contributed by atoms with Crippen LogP contribution in [-0.2, 0) is 6.18 Å². The van der Waals surface area contributed by atoms with E-state index in [2.05, 4.69) is 19.9 Å². The number of aromatic hydroxyl groups is 4. The van der Waals surface area contributed by atoms with Crippen LogP contribution in [0.2, 0.25) is 5.15 Å². The SMILES string of the molecule is Cc1nc(Cl)c(-c2nc(-c3cc(O)c(O)c([N+](=O)[O-])c3)cs2)c(C)c1C.O=[N+]([O-])c1cc(-c2csc(-c3cccnc3C(F)(F)F)n2)cc(O)c1O. The number of halogens is 4. The first-order chi connectivity index (χ1) is 24.4. The van der Waals surface area contributed by atoms with E-state index in [1.165, 1.54) is 41.0 Å². The molecule has 4 N–H and O–H groups in total. The van der Waals surface area contributed by atoms with Crippen molar-refractivity contribution in [1.82, 2.24) is 19.9 Å². The molecule has 0 saturated carbocycles. The Hall–Kier alpha value is -5.92. The monoisotopic (exact) mass is 774 g/mol. The number of pyridine rings is 2. The molecule has 20 heteroatoms. The van der Waals surface area contributed by atoms with Gasteiger partial charge in [0.05, 0.1) is 26.8 Å². The third-order valence-corrected chi connectivity index (χ3v) is 9.61. The van der Waals surface area contributed by atoms with Gasteiger partial charge in [-0.2, -0.15) is 13.2 Å². The van der Waals surface area contributed by atoms with Gasteiger partial charge in [-0.1, -0.05) is 11.6 Å². The van der Waals surface area contributed by atoms with Crippen molar-refractivity contribution in [2.24, 2.45) is 0 Å². The molecule has 14 nitrogen and oxygen atoms in total. The lowest BCUT2D eigenvalue weighted by Crippen LogP contribution is -2.09. The predicted molar refractivity (Wildman–Crippen MR) is 186 cm³/mol. The molecule has 52 heavy (non-hydrogen) atoms. The van der Waals surface area contributed by atoms with Crippen LogP contribution in [0.25, 0.3) is 43.7 Å². The standard InChI is InChI=1S/C17H14ClN3O4S.C15H8F3N3O4S/c1-7-8(2)14(16(18)19-9(7)3)17-20-11(6-26-17)10-4-12(21(24)25)15(23)13(22)5-10;16-15(17,18)13-8(2-1-3-19-13)14-20-9(6-26-14)7-4-10(21(24)25)12(23)11(22)5-7/h4-6,22-23H,1-3H3;1-6,22-23H. The number of alkyl halides is 3. The predicted octanol–water partition coefficient (Wildman–Crippen LogP) is 8.98. The molecule has 0 aliphatic rings. The van der Waals surface area contributed by atoms with Gasteiger partial charge in [-0.25, -0.2) is 15.0 Å². The lowest BCUT2D eigenvalue weighted by molar-refractivity contribution is -0.386. The molecule has 0 amide bonds. The highest BCUT2D eigenvalue weighted by atomic mass is 35.5. The second kappa shape index (κ2) is 14.4. The number of nitro benzene ring substituents is 2. The van der Waals surface area contributed by atoms with Crippen LogP contribution < -0.4 is 0 Å². The zero-order chi connectivity index (χ0) is 38.2. The second-order valence-electron chi connectivity index (χ2n) is 10.8. The molecule has 0 fully saturated rings. The summed E-state index contributed by atoms with van der Waals surface area (Å²) in [6.07, 6.45) is -3.65. The van der Waals surface area contributed by atoms with Crippen LogP contribution in [0.15, 0.2) is 53.4 Å². The number of nitrogens with zero attached hydrogens (tertiary/aromatic N) is 6. The average molecular weight is 775 g/mol. The summed E-state index contributed by atoms with van der Waals surface area (Å²) in [6, 6.07) is 6.96. The van der Waals surface area contributed by atoms with Crippen molar-refractivity contribution < 1.29 is 43.4 Å². The minimum atomic E-state index is -4.67. The molecule has 0 bridgehead atoms. The van der Waals surface area contributed by atoms with Gasteiger partial charge in [0, 0.05) is 51.5 Å². The van der Waals surface area contributed by atoms with Crippen LogP contribution in [0.1, 0.15) is 22.5 Å². The van der Waals surface area contributed by atoms with E-state index >= 15 is 0 Å². The van der Waals surface area contributed by atoms with Crippen molar-refractivity contribution in [3.8, 4) is 66.7 Å². The minimum absolute atomic E-state index is 0.00985. The van der Waals surface area contributed by atoms with Gasteiger partial charge in [0.15, 0.2) is 17.2 Å². The van der Waals surface area contributed by atoms with Gasteiger partial charge in [-0.3, -0.25) is 25.2 Å². The Kier molecular flexibility index (Phi) is 10.3. The molecule has 0 unspecified atom stereocenters. The van der Waals surface area contributed by atoms with Crippen molar-refractivity contribution in [3.05, 3.63) is 101 Å². The molecule has 0 spiro atoms. The molecule has 6 aromatic rings. The van der Waals surface area contributed by atoms with Crippen molar-refractivity contribution in [2.45, 2.75) is 26.9 Å². The maximum atomic E-state index is 13.1. The maximum absolute atomic E-state index is 13.1. The number of nitro groups is 2. The Morgan fingerprint density at radius 3 is 1.77 bits per heavy atom. The highest BCUT2D eigenvalue weighted by Gasteiger charge is 2.36. The van der Waals surface area contributed by atoms with E-state index in [9.17, 15) is 53.8 Å². The summed E-state index contributed by atoms with van der Waals surface area (Å²) in [5, 5.41) is 64.5. The highest BCUT2D eigenvalue weighted by Crippen LogP contribution is 2.43. The Morgan fingerprint density at radius 2 is 1.27 bits per heavy atom. The van der Waals surface area contributed by atoms with Crippen molar-refractivity contribution in [1.29, 1.82) is 0 Å². The summed E-state index contributed by atoms with van der Waals surface area (Å²) >= 11 is 8.50. The van der Waals surface area contributed by atoms with Gasteiger partial charge in [0.1, 0.15) is 15.2 Å². The lowest BCUT2D eigenvalue weighted by Gasteiger charge is -2.10. The molecule has 0 aliphatic carbocycles. The highest BCUT2D eigenvalue weighted by molar-refractivity contribution is 7.13. The molecule has 0 saturated heterocycles. The summed E-state index contributed by atoms with van der Waals surface area (Å²) in [7, 11) is 0. The maximum Gasteiger partial charge on any atom is 0.434 e. The largest absolute Gasteiger partial charge is 0.504 e. The van der Waals surface area contributed by atoms with Crippen molar-refractivity contribution in [2.75, 3.05) is 0 Å². The van der Waals surface area contributed by atoms with Crippen LogP contribution >= 0.6 is 34.3 Å². The average Bonchev–Trinajstić information content (AvgIpc) is 3.77. The van der Waals surface area contributed by atoms with E-state index in [-0.39, 0.29) is 21.8 Å². The first-order valence-corrected chi connectivity index (χ1v) is 16.5. The van der Waals surface area contributed by atoms with Crippen molar-refractivity contribution >= 4 is 45.6 Å². The quantitative estimate of drug-likeness (QED) is 0.0539. The van der Waals surface area contributed by atoms with Gasteiger partial charge in [0.25, 0.3) is 0 Å². The molecular weight excluding hydrogens is 753 g/mol. The Labute approximate surface area is 303 Å². The van der Waals surface area contributed by atoms with Crippen LogP contribution in [-0.4, -0.2) is 50.2 Å². The summed E-state index contributed by atoms with van der Waals surface area (Å²) in [4.78, 5) is 36.5. The zero-order valence-corrected chi connectivity index (χ0v) is 29.0. The van der Waals surface area contributed by atoms with Gasteiger partial charge in [-0.15, -0.1) is 22.7 Å². The van der Waals surface area contributed by atoms with Crippen LogP contribution in [0.5, 0.6) is 23.0 Å². The Balaban J connectivity index is 0.000000201. The topological polar surface area (TPSA) is 219 Å². The smallest absolute Gasteiger partial charge is 0.434 e. The molecule has 0 atom stereocenters. The van der Waals surface area contributed by atoms with Gasteiger partial charge in [0.2, 0.25) is 11.5 Å². The Morgan fingerprint density at radius 1 is 0.769 bits per heavy atom. The molecular formula is C32H22ClF3N6O8S2. The summed E-state index contributed by atoms with van der Waals surface area (Å²) in [6.45, 7) is 5.76. The second-order valence-corrected chi connectivity index (χ2v) is 12.9. The number of hydrogen-bond donors (Lipinski definition) is 4. The number of thiazole rings is 2. The Bertz CT molecular complexity index is 2390. The zero-order valence-electron chi connectivity index (χ0n) is 26.6. The van der Waals surface area contributed by atoms with Crippen LogP contribution in [0, 0.1) is 41.0 Å². The van der Waals surface area contributed by atoms with E-state index < -0.39 is 56.1 Å². The van der Waals surface area contributed by atoms with E-state index in [1.54, 1.807) is 5.38 Å². The number of rotatable bonds is 6. The van der Waals surface area contributed by atoms with Crippen molar-refractivity contribution in [3.63, 3.8) is 0 Å². The summed E-state index contributed by atoms with van der Waals surface area (Å²) < 4.78 is 39.2. The molecule has 4 heterocycles. The third kappa shape index (κ3) is 7.41. The number of aromatic nitrogens is 4. The number of phenolic OH excluding ortho intramolecular Hbond substituents is 4. The first kappa shape index (κ1) is 37.3. The molecule has 4 aromatic heterocycles. The minimum Gasteiger partial charge on any atom is -0.504 e. The van der Waals surface area contributed by atoms with Gasteiger partial charge >= 0.3 is 17.6 Å². The van der Waals surface area contributed by atoms with E-state index in [0.717, 1.165) is 46.5 Å². The normalized spacial score (nSPS) is 11.2. The fourth-order valence-corrected chi connectivity index (χ4v) is 6.99. The molecule has 0 radical (unpaired) electrons. The molecule has 2 aromatic carbocycles. The summed E-state index contributed by atoms with van der Waals surface area (Å²) in [5.41, 5.74) is 1.81. The third-order valence-electron chi connectivity index (χ3n) is 7.61. The fraction of sp³-hybridized carbons (Fsp3) is 0.125. The van der Waals surface area contributed by atoms with E-state index in [0.29, 0.717) is 27.0 Å². The number of aryl methyl sites for hydroxylation is 1. The van der Waals surface area contributed by atoms with Crippen LogP contribution in [0.3, 0.4) is 0 Å². The molecule has 0 aliphatic heterocycles. The molecule has 6 rings (SSSR count). The number of benzene rings is 2. The van der Waals surface area contributed by atoms with E-state index in [4.69, 9.17) is 11.6 Å². The first-order valence-electron chi connectivity index (χ1n) is 14.4. The molecule has 268 valence electrons. The number of hydrogen-bond acceptors (Lipinski definition) is 14. The van der Waals surface area contributed by atoms with Crippen LogP contribution in [0.4, 0.5) is 24.5 Å². The van der Waals surface area contributed by atoms with Gasteiger partial charge in [-0.05, 0) is 56.2 Å². The number of phenols is 4.